The molecule has 36 heavy (non-hydrogen) atoms. The largest absolute Gasteiger partial charge is 0.514 e. The lowest BCUT2D eigenvalue weighted by atomic mass is 9.84. The maximum absolute atomic E-state index is 15.3. The number of nitrogens with zero attached hydrogens (tertiary/aromatic N) is 2. The molecule has 1 aliphatic heterocycles. The van der Waals surface area contributed by atoms with Crippen molar-refractivity contribution in [3.05, 3.63) is 53.2 Å². The van der Waals surface area contributed by atoms with Crippen LogP contribution in [0.15, 0.2) is 30.5 Å². The van der Waals surface area contributed by atoms with Crippen LogP contribution < -0.4 is 10.3 Å². The molecule has 1 saturated heterocycles. The number of rotatable bonds is 7. The lowest BCUT2D eigenvalue weighted by molar-refractivity contribution is 0.00578. The summed E-state index contributed by atoms with van der Waals surface area (Å²) >= 11 is 0. The van der Waals surface area contributed by atoms with Crippen LogP contribution in [0.1, 0.15) is 50.5 Å². The number of carbonyl (C=O) groups is 1. The van der Waals surface area contributed by atoms with Crippen molar-refractivity contribution in [3.63, 3.8) is 0 Å². The molecule has 3 aromatic rings. The van der Waals surface area contributed by atoms with Crippen LogP contribution in [0, 0.1) is 11.6 Å². The Bertz CT molecular complexity index is 1440. The number of nitrogens with one attached hydrogen (secondary N) is 2. The zero-order valence-electron chi connectivity index (χ0n) is 20.8. The molecule has 0 unspecified atom stereocenters. The van der Waals surface area contributed by atoms with E-state index >= 15 is 4.39 Å². The average molecular weight is 520 g/mol. The van der Waals surface area contributed by atoms with E-state index < -0.39 is 57.2 Å². The third kappa shape index (κ3) is 4.40. The number of halogens is 2. The van der Waals surface area contributed by atoms with E-state index in [-0.39, 0.29) is 17.6 Å². The number of hydrogen-bond acceptors (Lipinski definition) is 6. The van der Waals surface area contributed by atoms with Gasteiger partial charge in [0.25, 0.3) is 0 Å². The highest BCUT2D eigenvalue weighted by Gasteiger charge is 2.52. The Morgan fingerprint density at radius 3 is 2.39 bits per heavy atom. The normalized spacial score (nSPS) is 17.2. The number of ketones is 1. The molecule has 192 valence electrons. The molecule has 0 bridgehead atoms. The van der Waals surface area contributed by atoms with E-state index in [4.69, 9.17) is 9.31 Å². The fourth-order valence-corrected chi connectivity index (χ4v) is 4.57. The summed E-state index contributed by atoms with van der Waals surface area (Å²) in [6.45, 7) is 9.28. The highest BCUT2D eigenvalue weighted by Crippen LogP contribution is 2.36. The van der Waals surface area contributed by atoms with Gasteiger partial charge in [-0.15, -0.1) is 0 Å². The van der Waals surface area contributed by atoms with Gasteiger partial charge in [-0.2, -0.15) is 12.7 Å². The first-order chi connectivity index (χ1) is 16.7. The molecule has 13 heteroatoms. The SMILES string of the molecule is CCN(C)S(=O)(=O)Nc1ccc(F)c(C(=O)c2c[nH]c3ccc(B4OC(C)(C)C(C)(C)O4)nc23)c1F. The molecular formula is C23H27BF2N4O5S. The number of aromatic amines is 1. The Kier molecular flexibility index (Phi) is 6.48. The zero-order valence-corrected chi connectivity index (χ0v) is 21.6. The summed E-state index contributed by atoms with van der Waals surface area (Å²) < 4.78 is 69.7. The fourth-order valence-electron chi connectivity index (χ4n) is 3.64. The van der Waals surface area contributed by atoms with Crippen LogP contribution in [-0.4, -0.2) is 60.4 Å². The molecule has 1 aliphatic rings. The molecule has 0 amide bonds. The van der Waals surface area contributed by atoms with Crippen molar-refractivity contribution in [3.8, 4) is 0 Å². The molecule has 2 aromatic heterocycles. The van der Waals surface area contributed by atoms with Crippen molar-refractivity contribution in [2.45, 2.75) is 45.8 Å². The Morgan fingerprint density at radius 2 is 1.78 bits per heavy atom. The van der Waals surface area contributed by atoms with E-state index in [1.807, 2.05) is 27.7 Å². The van der Waals surface area contributed by atoms with Crippen LogP contribution in [0.5, 0.6) is 0 Å². The minimum absolute atomic E-state index is 0.0909. The third-order valence-corrected chi connectivity index (χ3v) is 8.25. The van der Waals surface area contributed by atoms with Gasteiger partial charge in [-0.25, -0.2) is 8.78 Å². The molecular weight excluding hydrogens is 493 g/mol. The van der Waals surface area contributed by atoms with Gasteiger partial charge in [0.2, 0.25) is 5.78 Å². The Labute approximate surface area is 208 Å². The smallest absolute Gasteiger partial charge is 0.398 e. The molecule has 0 atom stereocenters. The summed E-state index contributed by atoms with van der Waals surface area (Å²) in [5.41, 5.74) is -1.76. The number of pyridine rings is 1. The van der Waals surface area contributed by atoms with Gasteiger partial charge in [-0.3, -0.25) is 14.5 Å². The standard InChI is InChI=1S/C23H27BF2N4O5S/c1-7-30(6)36(32,33)29-15-9-8-14(25)18(19(15)26)21(31)13-12-27-16-10-11-17(28-20(13)16)24-34-22(2,3)23(4,5)35-24/h8-12,27,29H,7H2,1-6H3. The molecule has 9 nitrogen and oxygen atoms in total. The van der Waals surface area contributed by atoms with Crippen molar-refractivity contribution in [2.24, 2.45) is 0 Å². The predicted molar refractivity (Wildman–Crippen MR) is 132 cm³/mol. The fraction of sp³-hybridized carbons (Fsp3) is 0.391. The van der Waals surface area contributed by atoms with Gasteiger partial charge >= 0.3 is 17.3 Å². The van der Waals surface area contributed by atoms with Crippen LogP contribution in [0.25, 0.3) is 11.0 Å². The van der Waals surface area contributed by atoms with Crippen molar-refractivity contribution in [1.29, 1.82) is 0 Å². The maximum Gasteiger partial charge on any atom is 0.514 e. The first kappa shape index (κ1) is 26.2. The molecule has 1 fully saturated rings. The molecule has 0 spiro atoms. The second kappa shape index (κ2) is 8.91. The van der Waals surface area contributed by atoms with Crippen LogP contribution >= 0.6 is 0 Å². The highest BCUT2D eigenvalue weighted by molar-refractivity contribution is 7.90. The van der Waals surface area contributed by atoms with Crippen LogP contribution in [-0.2, 0) is 19.5 Å². The number of anilines is 1. The molecule has 0 aliphatic carbocycles. The summed E-state index contributed by atoms with van der Waals surface area (Å²) in [6.07, 6.45) is 1.30. The minimum atomic E-state index is -4.10. The number of H-pyrrole nitrogens is 1. The van der Waals surface area contributed by atoms with Gasteiger partial charge in [-0.1, -0.05) is 6.92 Å². The summed E-state index contributed by atoms with van der Waals surface area (Å²) in [6, 6.07) is 5.10. The monoisotopic (exact) mass is 520 g/mol. The van der Waals surface area contributed by atoms with E-state index in [0.29, 0.717) is 11.1 Å². The Morgan fingerprint density at radius 1 is 1.14 bits per heavy atom. The number of aromatic nitrogens is 2. The molecule has 3 heterocycles. The topological polar surface area (TPSA) is 114 Å². The van der Waals surface area contributed by atoms with Crippen LogP contribution in [0.3, 0.4) is 0 Å². The first-order valence-corrected chi connectivity index (χ1v) is 12.7. The summed E-state index contributed by atoms with van der Waals surface area (Å²) in [7, 11) is -3.61. The molecule has 0 saturated carbocycles. The first-order valence-electron chi connectivity index (χ1n) is 11.3. The van der Waals surface area contributed by atoms with Crippen molar-refractivity contribution in [2.75, 3.05) is 18.3 Å². The molecule has 2 N–H and O–H groups in total. The van der Waals surface area contributed by atoms with Gasteiger partial charge in [0.1, 0.15) is 5.82 Å². The quantitative estimate of drug-likeness (QED) is 0.366. The number of hydrogen-bond donors (Lipinski definition) is 2. The van der Waals surface area contributed by atoms with E-state index in [1.54, 1.807) is 19.1 Å². The number of carbonyl (C=O) groups excluding carboxylic acids is 1. The zero-order chi connectivity index (χ0) is 26.6. The maximum atomic E-state index is 15.3. The van der Waals surface area contributed by atoms with E-state index in [1.165, 1.54) is 13.2 Å². The highest BCUT2D eigenvalue weighted by atomic mass is 32.2. The molecule has 4 rings (SSSR count). The summed E-state index contributed by atoms with van der Waals surface area (Å²) in [4.78, 5) is 20.7. The van der Waals surface area contributed by atoms with Gasteiger partial charge in [-0.05, 0) is 52.0 Å². The van der Waals surface area contributed by atoms with Crippen molar-refractivity contribution >= 4 is 45.4 Å². The van der Waals surface area contributed by atoms with Gasteiger partial charge in [0.15, 0.2) is 5.82 Å². The second-order valence-electron chi connectivity index (χ2n) is 9.56. The lowest BCUT2D eigenvalue weighted by Crippen LogP contribution is -2.41. The summed E-state index contributed by atoms with van der Waals surface area (Å²) in [5, 5.41) is 0. The van der Waals surface area contributed by atoms with Crippen LogP contribution in [0.4, 0.5) is 14.5 Å². The minimum Gasteiger partial charge on any atom is -0.398 e. The van der Waals surface area contributed by atoms with Gasteiger partial charge in [0, 0.05) is 19.8 Å². The molecule has 1 aromatic carbocycles. The number of fused-ring (bicyclic) bond motifs is 1. The predicted octanol–water partition coefficient (Wildman–Crippen LogP) is 2.98. The Hall–Kier alpha value is -2.87. The third-order valence-electron chi connectivity index (χ3n) is 6.70. The van der Waals surface area contributed by atoms with E-state index in [2.05, 4.69) is 14.7 Å². The lowest BCUT2D eigenvalue weighted by Gasteiger charge is -2.32. The second-order valence-corrected chi connectivity index (χ2v) is 11.3. The van der Waals surface area contributed by atoms with E-state index in [9.17, 15) is 17.6 Å². The van der Waals surface area contributed by atoms with E-state index in [0.717, 1.165) is 16.4 Å². The average Bonchev–Trinajstić information content (AvgIpc) is 3.31. The van der Waals surface area contributed by atoms with Crippen LogP contribution in [0.2, 0.25) is 0 Å². The molecule has 0 radical (unpaired) electrons. The van der Waals surface area contributed by atoms with Gasteiger partial charge in [0.05, 0.1) is 44.6 Å². The van der Waals surface area contributed by atoms with Crippen molar-refractivity contribution in [1.82, 2.24) is 14.3 Å². The number of benzene rings is 1. The Balaban J connectivity index is 1.74. The van der Waals surface area contributed by atoms with Gasteiger partial charge < -0.3 is 14.3 Å². The summed E-state index contributed by atoms with van der Waals surface area (Å²) in [5.74, 6) is -3.47. The van der Waals surface area contributed by atoms with Crippen molar-refractivity contribution < 1.29 is 31.3 Å².